The molecule has 0 bridgehead atoms. The average Bonchev–Trinajstić information content (AvgIpc) is 3.32. The van der Waals surface area contributed by atoms with Crippen LogP contribution < -0.4 is 5.32 Å². The summed E-state index contributed by atoms with van der Waals surface area (Å²) >= 11 is 0. The molecule has 1 aliphatic heterocycles. The number of aromatic amines is 1. The molecule has 8 nitrogen and oxygen atoms in total. The summed E-state index contributed by atoms with van der Waals surface area (Å²) in [6.07, 6.45) is 9.74. The second-order valence-electron chi connectivity index (χ2n) is 9.63. The predicted molar refractivity (Wildman–Crippen MR) is 149 cm³/mol. The van der Waals surface area contributed by atoms with Gasteiger partial charge in [-0.1, -0.05) is 48.7 Å². The van der Waals surface area contributed by atoms with Crippen LogP contribution in [0.2, 0.25) is 0 Å². The van der Waals surface area contributed by atoms with Gasteiger partial charge in [0.1, 0.15) is 23.9 Å². The number of terminal acetylenes is 1. The van der Waals surface area contributed by atoms with Crippen LogP contribution in [0.3, 0.4) is 0 Å². The number of ether oxygens (including phenoxy) is 2. The summed E-state index contributed by atoms with van der Waals surface area (Å²) in [5.74, 6) is 3.64. The summed E-state index contributed by atoms with van der Waals surface area (Å²) in [4.78, 5) is 27.7. The van der Waals surface area contributed by atoms with Crippen LogP contribution in [0.4, 0.5) is 5.82 Å². The van der Waals surface area contributed by atoms with Crippen LogP contribution in [0, 0.1) is 12.3 Å². The quantitative estimate of drug-likeness (QED) is 0.241. The summed E-state index contributed by atoms with van der Waals surface area (Å²) in [6, 6.07) is 15.6. The van der Waals surface area contributed by atoms with Crippen LogP contribution in [0.15, 0.2) is 48.5 Å². The summed E-state index contributed by atoms with van der Waals surface area (Å²) < 4.78 is 10.9. The highest BCUT2D eigenvalue weighted by atomic mass is 16.5. The van der Waals surface area contributed by atoms with Gasteiger partial charge in [0.2, 0.25) is 0 Å². The minimum absolute atomic E-state index is 0.0807. The number of nitrogens with zero attached hydrogens (tertiary/aromatic N) is 3. The van der Waals surface area contributed by atoms with Crippen LogP contribution >= 0.6 is 0 Å². The summed E-state index contributed by atoms with van der Waals surface area (Å²) in [5.41, 5.74) is 3.11. The molecule has 1 atom stereocenters. The largest absolute Gasteiger partial charge is 0.465 e. The number of carbonyl (C=O) groups excluding carboxylic acids is 1. The Bertz CT molecular complexity index is 1440. The minimum Gasteiger partial charge on any atom is -0.465 e. The lowest BCUT2D eigenvalue weighted by Gasteiger charge is -2.30. The first kappa shape index (κ1) is 25.7. The number of aromatic nitrogens is 3. The highest BCUT2D eigenvalue weighted by Crippen LogP contribution is 2.31. The van der Waals surface area contributed by atoms with Crippen LogP contribution in [-0.4, -0.2) is 71.8 Å². The molecule has 2 N–H and O–H groups in total. The van der Waals surface area contributed by atoms with Crippen LogP contribution in [0.25, 0.3) is 21.9 Å². The van der Waals surface area contributed by atoms with E-state index in [1.807, 2.05) is 24.3 Å². The molecular formula is C30H33N5O3. The number of methoxy groups -OCH3 is 1. The van der Waals surface area contributed by atoms with Gasteiger partial charge in [-0.25, -0.2) is 14.8 Å². The molecule has 1 aliphatic rings. The first-order valence-electron chi connectivity index (χ1n) is 13.1. The Morgan fingerprint density at radius 1 is 1.16 bits per heavy atom. The lowest BCUT2D eigenvalue weighted by Crippen LogP contribution is -2.40. The molecule has 0 radical (unpaired) electrons. The first-order chi connectivity index (χ1) is 18.6. The standard InChI is InChI=1S/C30H33N5O3/c1-3-16-38-23(20-35-14-8-5-9-15-35)19-31-28-27-24-13-12-22(30(36)37-2)18-25(24)32-29(27)34-26(33-28)17-21-10-6-4-7-11-21/h1,4,6-7,10-13,18,23H,5,8-9,14-17,19-20H2,2H3,(H2,31,32,33,34). The zero-order valence-corrected chi connectivity index (χ0v) is 21.7. The molecule has 3 heterocycles. The average molecular weight is 512 g/mol. The number of H-pyrrole nitrogens is 1. The van der Waals surface area contributed by atoms with Crippen molar-refractivity contribution in [1.29, 1.82) is 0 Å². The Balaban J connectivity index is 1.48. The molecule has 2 aromatic heterocycles. The van der Waals surface area contributed by atoms with Crippen LogP contribution in [0.1, 0.15) is 41.0 Å². The second-order valence-corrected chi connectivity index (χ2v) is 9.63. The number of hydrogen-bond donors (Lipinski definition) is 2. The van der Waals surface area contributed by atoms with Gasteiger partial charge in [-0.15, -0.1) is 6.42 Å². The number of benzene rings is 2. The van der Waals surface area contributed by atoms with Gasteiger partial charge < -0.3 is 24.7 Å². The molecular weight excluding hydrogens is 478 g/mol. The highest BCUT2D eigenvalue weighted by Gasteiger charge is 2.20. The lowest BCUT2D eigenvalue weighted by molar-refractivity contribution is 0.0483. The molecule has 2 aromatic carbocycles. The van der Waals surface area contributed by atoms with Crippen molar-refractivity contribution in [3.63, 3.8) is 0 Å². The third-order valence-corrected chi connectivity index (χ3v) is 6.93. The Morgan fingerprint density at radius 2 is 1.97 bits per heavy atom. The van der Waals surface area contributed by atoms with Gasteiger partial charge in [0, 0.05) is 30.4 Å². The fraction of sp³-hybridized carbons (Fsp3) is 0.367. The molecule has 0 saturated carbocycles. The van der Waals surface area contributed by atoms with Gasteiger partial charge >= 0.3 is 5.97 Å². The van der Waals surface area contributed by atoms with Crippen molar-refractivity contribution in [3.8, 4) is 12.3 Å². The molecule has 0 spiro atoms. The number of esters is 1. The van der Waals surface area contributed by atoms with Crippen molar-refractivity contribution in [2.24, 2.45) is 0 Å². The zero-order valence-electron chi connectivity index (χ0n) is 21.7. The van der Waals surface area contributed by atoms with Gasteiger partial charge in [0.25, 0.3) is 0 Å². The number of nitrogens with one attached hydrogen (secondary N) is 2. The molecule has 1 saturated heterocycles. The number of fused-ring (bicyclic) bond motifs is 3. The van der Waals surface area contributed by atoms with E-state index in [0.717, 1.165) is 47.3 Å². The molecule has 1 unspecified atom stereocenters. The third-order valence-electron chi connectivity index (χ3n) is 6.93. The van der Waals surface area contributed by atoms with Crippen molar-refractivity contribution >= 4 is 33.7 Å². The van der Waals surface area contributed by atoms with E-state index in [1.165, 1.54) is 26.4 Å². The zero-order chi connectivity index (χ0) is 26.3. The van der Waals surface area contributed by atoms with E-state index in [4.69, 9.17) is 25.9 Å². The lowest BCUT2D eigenvalue weighted by atomic mass is 10.1. The molecule has 1 fully saturated rings. The highest BCUT2D eigenvalue weighted by molar-refractivity contribution is 6.12. The minimum atomic E-state index is -0.383. The van der Waals surface area contributed by atoms with Gasteiger partial charge in [0.05, 0.1) is 24.2 Å². The number of hydrogen-bond acceptors (Lipinski definition) is 7. The number of piperidine rings is 1. The van der Waals surface area contributed by atoms with E-state index in [2.05, 4.69) is 33.3 Å². The Kier molecular flexibility index (Phi) is 8.17. The molecule has 196 valence electrons. The van der Waals surface area contributed by atoms with Gasteiger partial charge in [-0.2, -0.15) is 0 Å². The Labute approximate surface area is 222 Å². The van der Waals surface area contributed by atoms with Gasteiger partial charge in [-0.3, -0.25) is 0 Å². The van der Waals surface area contributed by atoms with Crippen molar-refractivity contribution < 1.29 is 14.3 Å². The van der Waals surface area contributed by atoms with E-state index in [0.29, 0.717) is 30.0 Å². The SMILES string of the molecule is C#CCOC(CNc1nc(Cc2ccccc2)nc2[nH]c3cc(C(=O)OC)ccc3c12)CN1CCCCC1. The third kappa shape index (κ3) is 5.96. The maximum Gasteiger partial charge on any atom is 0.337 e. The molecule has 38 heavy (non-hydrogen) atoms. The fourth-order valence-corrected chi connectivity index (χ4v) is 5.06. The van der Waals surface area contributed by atoms with Gasteiger partial charge in [-0.05, 0) is 43.6 Å². The van der Waals surface area contributed by atoms with E-state index >= 15 is 0 Å². The van der Waals surface area contributed by atoms with Gasteiger partial charge in [0.15, 0.2) is 0 Å². The summed E-state index contributed by atoms with van der Waals surface area (Å²) in [5, 5.41) is 5.36. The molecule has 4 aromatic rings. The molecule has 0 amide bonds. The second kappa shape index (κ2) is 12.1. The number of anilines is 1. The van der Waals surface area contributed by atoms with Crippen LogP contribution in [-0.2, 0) is 15.9 Å². The molecule has 5 rings (SSSR count). The maximum absolute atomic E-state index is 12.1. The summed E-state index contributed by atoms with van der Waals surface area (Å²) in [6.45, 7) is 3.81. The molecule has 8 heteroatoms. The van der Waals surface area contributed by atoms with Crippen molar-refractivity contribution in [3.05, 3.63) is 65.5 Å². The Hall–Kier alpha value is -3.93. The number of likely N-dealkylation sites (tertiary alicyclic amines) is 1. The maximum atomic E-state index is 12.1. The monoisotopic (exact) mass is 511 g/mol. The Morgan fingerprint density at radius 3 is 2.74 bits per heavy atom. The summed E-state index contributed by atoms with van der Waals surface area (Å²) in [7, 11) is 1.38. The smallest absolute Gasteiger partial charge is 0.337 e. The van der Waals surface area contributed by atoms with E-state index in [1.54, 1.807) is 12.1 Å². The predicted octanol–water partition coefficient (Wildman–Crippen LogP) is 4.40. The normalized spacial score (nSPS) is 14.8. The molecule has 0 aliphatic carbocycles. The van der Waals surface area contributed by atoms with E-state index in [-0.39, 0.29) is 18.7 Å². The number of carbonyl (C=O) groups is 1. The van der Waals surface area contributed by atoms with Crippen molar-refractivity contribution in [1.82, 2.24) is 19.9 Å². The first-order valence-corrected chi connectivity index (χ1v) is 13.1. The van der Waals surface area contributed by atoms with Crippen molar-refractivity contribution in [2.45, 2.75) is 31.8 Å². The number of rotatable bonds is 10. The fourth-order valence-electron chi connectivity index (χ4n) is 5.06. The van der Waals surface area contributed by atoms with Crippen LogP contribution in [0.5, 0.6) is 0 Å². The van der Waals surface area contributed by atoms with E-state index < -0.39 is 0 Å². The topological polar surface area (TPSA) is 92.4 Å². The van der Waals surface area contributed by atoms with Crippen molar-refractivity contribution in [2.75, 3.05) is 45.2 Å². The van der Waals surface area contributed by atoms with E-state index in [9.17, 15) is 4.79 Å².